The molecule has 2 fully saturated rings. The number of nitrogen functional groups attached to an aromatic ring is 1. The van der Waals surface area contributed by atoms with Crippen molar-refractivity contribution in [2.45, 2.75) is 51.0 Å². The number of hydrogen-bond donors (Lipinski definition) is 1. The Bertz CT molecular complexity index is 439. The molecule has 1 aliphatic carbocycles. The molecule has 1 aromatic heterocycles. The summed E-state index contributed by atoms with van der Waals surface area (Å²) in [4.78, 5) is 15.4. The lowest BCUT2D eigenvalue weighted by Gasteiger charge is -2.31. The predicted octanol–water partition coefficient (Wildman–Crippen LogP) is 1.71. The van der Waals surface area contributed by atoms with Crippen molar-refractivity contribution in [3.05, 3.63) is 5.82 Å². The van der Waals surface area contributed by atoms with E-state index in [0.717, 1.165) is 18.3 Å². The molecule has 2 N–H and O–H groups in total. The van der Waals surface area contributed by atoms with E-state index in [1.807, 2.05) is 0 Å². The Morgan fingerprint density at radius 3 is 2.59 bits per heavy atom. The van der Waals surface area contributed by atoms with Crippen molar-refractivity contribution in [3.63, 3.8) is 0 Å². The van der Waals surface area contributed by atoms with Crippen LogP contribution >= 0.6 is 0 Å². The van der Waals surface area contributed by atoms with E-state index >= 15 is 0 Å². The van der Waals surface area contributed by atoms with Crippen LogP contribution in [0.4, 0.5) is 11.9 Å². The Morgan fingerprint density at radius 2 is 2.00 bits per heavy atom. The second kappa shape index (κ2) is 3.55. The molecule has 1 saturated heterocycles. The van der Waals surface area contributed by atoms with Gasteiger partial charge >= 0.3 is 0 Å². The zero-order valence-electron chi connectivity index (χ0n) is 10.5. The third-order valence-corrected chi connectivity index (χ3v) is 3.74. The minimum Gasteiger partial charge on any atom is -0.368 e. The van der Waals surface area contributed by atoms with Crippen molar-refractivity contribution in [2.75, 3.05) is 17.2 Å². The summed E-state index contributed by atoms with van der Waals surface area (Å²) < 4.78 is 0. The van der Waals surface area contributed by atoms with Crippen LogP contribution in [-0.2, 0) is 0 Å². The van der Waals surface area contributed by atoms with Crippen LogP contribution in [0.5, 0.6) is 0 Å². The molecule has 0 unspecified atom stereocenters. The van der Waals surface area contributed by atoms with Crippen LogP contribution in [0.2, 0.25) is 0 Å². The highest BCUT2D eigenvalue weighted by molar-refractivity contribution is 5.40. The quantitative estimate of drug-likeness (QED) is 0.842. The lowest BCUT2D eigenvalue weighted by atomic mass is 10.0. The molecule has 17 heavy (non-hydrogen) atoms. The first kappa shape index (κ1) is 10.7. The molecule has 1 saturated carbocycles. The van der Waals surface area contributed by atoms with Gasteiger partial charge in [-0.1, -0.05) is 0 Å². The van der Waals surface area contributed by atoms with Crippen molar-refractivity contribution in [2.24, 2.45) is 0 Å². The van der Waals surface area contributed by atoms with E-state index < -0.39 is 0 Å². The largest absolute Gasteiger partial charge is 0.368 e. The summed E-state index contributed by atoms with van der Waals surface area (Å²) in [7, 11) is 0. The highest BCUT2D eigenvalue weighted by Crippen LogP contribution is 2.39. The SMILES string of the molecule is CC1(C)CCCN1c1nc(N)nc(C2CC2)n1. The molecular formula is C12H19N5. The monoisotopic (exact) mass is 233 g/mol. The first-order valence-electron chi connectivity index (χ1n) is 6.35. The molecule has 0 amide bonds. The van der Waals surface area contributed by atoms with E-state index in [4.69, 9.17) is 5.73 Å². The van der Waals surface area contributed by atoms with Crippen molar-refractivity contribution in [1.82, 2.24) is 15.0 Å². The maximum Gasteiger partial charge on any atom is 0.230 e. The van der Waals surface area contributed by atoms with Gasteiger partial charge < -0.3 is 10.6 Å². The summed E-state index contributed by atoms with van der Waals surface area (Å²) in [5, 5.41) is 0. The molecule has 5 heteroatoms. The van der Waals surface area contributed by atoms with Gasteiger partial charge in [-0.15, -0.1) is 0 Å². The maximum atomic E-state index is 5.79. The van der Waals surface area contributed by atoms with E-state index in [0.29, 0.717) is 11.9 Å². The van der Waals surface area contributed by atoms with E-state index in [2.05, 4.69) is 33.7 Å². The average molecular weight is 233 g/mol. The van der Waals surface area contributed by atoms with Crippen molar-refractivity contribution in [1.29, 1.82) is 0 Å². The van der Waals surface area contributed by atoms with Gasteiger partial charge in [0.1, 0.15) is 5.82 Å². The molecule has 2 heterocycles. The van der Waals surface area contributed by atoms with Crippen LogP contribution in [0, 0.1) is 0 Å². The Labute approximate surface area is 101 Å². The zero-order valence-corrected chi connectivity index (χ0v) is 10.5. The van der Waals surface area contributed by atoms with Crippen molar-refractivity contribution >= 4 is 11.9 Å². The fourth-order valence-corrected chi connectivity index (χ4v) is 2.52. The van der Waals surface area contributed by atoms with Crippen LogP contribution < -0.4 is 10.6 Å². The van der Waals surface area contributed by atoms with Crippen LogP contribution in [-0.4, -0.2) is 27.0 Å². The first-order valence-corrected chi connectivity index (χ1v) is 6.35. The summed E-state index contributed by atoms with van der Waals surface area (Å²) in [6.07, 6.45) is 4.74. The number of nitrogens with zero attached hydrogens (tertiary/aromatic N) is 4. The predicted molar refractivity (Wildman–Crippen MR) is 66.9 cm³/mol. The normalized spacial score (nSPS) is 23.1. The summed E-state index contributed by atoms with van der Waals surface area (Å²) in [6.45, 7) is 5.48. The van der Waals surface area contributed by atoms with Gasteiger partial charge in [0.2, 0.25) is 11.9 Å². The molecule has 1 aliphatic heterocycles. The fraction of sp³-hybridized carbons (Fsp3) is 0.750. The van der Waals surface area contributed by atoms with Crippen LogP contribution in [0.15, 0.2) is 0 Å². The molecule has 0 bridgehead atoms. The fourth-order valence-electron chi connectivity index (χ4n) is 2.52. The molecule has 92 valence electrons. The summed E-state index contributed by atoms with van der Waals surface area (Å²) in [5.41, 5.74) is 5.93. The third kappa shape index (κ3) is 1.94. The number of rotatable bonds is 2. The van der Waals surface area contributed by atoms with Crippen LogP contribution in [0.3, 0.4) is 0 Å². The lowest BCUT2D eigenvalue weighted by Crippen LogP contribution is -2.39. The van der Waals surface area contributed by atoms with Gasteiger partial charge in [0, 0.05) is 18.0 Å². The van der Waals surface area contributed by atoms with Gasteiger partial charge in [0.15, 0.2) is 0 Å². The minimum absolute atomic E-state index is 0.134. The molecule has 2 aliphatic rings. The zero-order chi connectivity index (χ0) is 12.0. The Hall–Kier alpha value is -1.39. The third-order valence-electron chi connectivity index (χ3n) is 3.74. The molecular weight excluding hydrogens is 214 g/mol. The van der Waals surface area contributed by atoms with Crippen molar-refractivity contribution in [3.8, 4) is 0 Å². The Kier molecular flexibility index (Phi) is 2.24. The molecule has 0 aromatic carbocycles. The number of aromatic nitrogens is 3. The Balaban J connectivity index is 1.96. The topological polar surface area (TPSA) is 67.9 Å². The molecule has 5 nitrogen and oxygen atoms in total. The van der Waals surface area contributed by atoms with Gasteiger partial charge in [0.25, 0.3) is 0 Å². The summed E-state index contributed by atoms with van der Waals surface area (Å²) in [6, 6.07) is 0. The van der Waals surface area contributed by atoms with E-state index in [1.165, 1.54) is 25.7 Å². The Morgan fingerprint density at radius 1 is 1.24 bits per heavy atom. The minimum atomic E-state index is 0.134. The van der Waals surface area contributed by atoms with Gasteiger partial charge in [-0.05, 0) is 39.5 Å². The molecule has 0 radical (unpaired) electrons. The van der Waals surface area contributed by atoms with Gasteiger partial charge in [-0.2, -0.15) is 15.0 Å². The second-order valence-electron chi connectivity index (χ2n) is 5.69. The highest BCUT2D eigenvalue weighted by atomic mass is 15.3. The smallest absolute Gasteiger partial charge is 0.230 e. The first-order chi connectivity index (χ1) is 8.06. The average Bonchev–Trinajstić information content (AvgIpc) is 3.02. The van der Waals surface area contributed by atoms with Crippen LogP contribution in [0.1, 0.15) is 51.3 Å². The number of nitrogens with two attached hydrogens (primary N) is 1. The van der Waals surface area contributed by atoms with Crippen molar-refractivity contribution < 1.29 is 0 Å². The highest BCUT2D eigenvalue weighted by Gasteiger charge is 2.35. The van der Waals surface area contributed by atoms with Gasteiger partial charge in [0.05, 0.1) is 0 Å². The maximum absolute atomic E-state index is 5.79. The molecule has 0 atom stereocenters. The molecule has 3 rings (SSSR count). The molecule has 0 spiro atoms. The summed E-state index contributed by atoms with van der Waals surface area (Å²) in [5.74, 6) is 2.53. The standard InChI is InChI=1S/C12H19N5/c1-12(2)6-3-7-17(12)11-15-9(8-4-5-8)14-10(13)16-11/h8H,3-7H2,1-2H3,(H2,13,14,15,16). The van der Waals surface area contributed by atoms with Crippen LogP contribution in [0.25, 0.3) is 0 Å². The molecule has 1 aromatic rings. The second-order valence-corrected chi connectivity index (χ2v) is 5.69. The lowest BCUT2D eigenvalue weighted by molar-refractivity contribution is 0.509. The number of hydrogen-bond acceptors (Lipinski definition) is 5. The van der Waals surface area contributed by atoms with Gasteiger partial charge in [-0.25, -0.2) is 0 Å². The number of anilines is 2. The van der Waals surface area contributed by atoms with E-state index in [1.54, 1.807) is 0 Å². The van der Waals surface area contributed by atoms with Gasteiger partial charge in [-0.3, -0.25) is 0 Å². The summed E-state index contributed by atoms with van der Waals surface area (Å²) >= 11 is 0. The van der Waals surface area contributed by atoms with E-state index in [9.17, 15) is 0 Å². The van der Waals surface area contributed by atoms with E-state index in [-0.39, 0.29) is 5.54 Å².